The number of amides is 2. The van der Waals surface area contributed by atoms with Crippen LogP contribution in [0.15, 0.2) is 66.7 Å². The molecule has 3 aromatic rings. The number of rotatable bonds is 9. The first-order chi connectivity index (χ1) is 16.9. The highest BCUT2D eigenvalue weighted by Crippen LogP contribution is 2.39. The molecule has 1 aliphatic heterocycles. The van der Waals surface area contributed by atoms with Gasteiger partial charge in [-0.15, -0.1) is 0 Å². The maximum Gasteiger partial charge on any atom is 0.243 e. The fourth-order valence-corrected chi connectivity index (χ4v) is 4.15. The maximum absolute atomic E-state index is 12.8. The number of hydrogen-bond donors (Lipinski definition) is 2. The zero-order valence-electron chi connectivity index (χ0n) is 19.1. The number of hydrogen-bond acceptors (Lipinski definition) is 5. The van der Waals surface area contributed by atoms with E-state index in [-0.39, 0.29) is 24.8 Å². The third-order valence-electron chi connectivity index (χ3n) is 5.50. The van der Waals surface area contributed by atoms with Gasteiger partial charge in [0.05, 0.1) is 23.2 Å². The molecule has 2 amide bonds. The van der Waals surface area contributed by atoms with E-state index in [9.17, 15) is 9.59 Å². The Morgan fingerprint density at radius 1 is 1.06 bits per heavy atom. The highest BCUT2D eigenvalue weighted by Gasteiger charge is 2.35. The molecule has 1 aliphatic rings. The quantitative estimate of drug-likeness (QED) is 0.371. The molecule has 0 aromatic heterocycles. The van der Waals surface area contributed by atoms with Crippen molar-refractivity contribution >= 4 is 46.4 Å². The van der Waals surface area contributed by atoms with Crippen LogP contribution in [0.2, 0.25) is 10.0 Å². The molecule has 0 aliphatic carbocycles. The summed E-state index contributed by atoms with van der Waals surface area (Å²) < 4.78 is 11.6. The molecular weight excluding hydrogens is 489 g/mol. The van der Waals surface area contributed by atoms with Gasteiger partial charge in [-0.2, -0.15) is 0 Å². The lowest BCUT2D eigenvalue weighted by Crippen LogP contribution is -2.36. The van der Waals surface area contributed by atoms with Crippen molar-refractivity contribution in [1.29, 1.82) is 0 Å². The Bertz CT molecular complexity index is 1190. The van der Waals surface area contributed by atoms with E-state index >= 15 is 0 Å². The first-order valence-electron chi connectivity index (χ1n) is 11.2. The van der Waals surface area contributed by atoms with Crippen LogP contribution in [-0.4, -0.2) is 25.0 Å². The molecule has 182 valence electrons. The van der Waals surface area contributed by atoms with Crippen molar-refractivity contribution in [3.05, 3.63) is 82.3 Å². The van der Waals surface area contributed by atoms with Gasteiger partial charge >= 0.3 is 0 Å². The SMILES string of the molecule is CCOc1cc(NNC(=O)[C@H]2CC(=O)N(c3ccc(Cl)cc3)C2)cc(Cl)c1OCc1ccccc1. The van der Waals surface area contributed by atoms with E-state index in [4.69, 9.17) is 32.7 Å². The van der Waals surface area contributed by atoms with Crippen molar-refractivity contribution in [1.82, 2.24) is 5.43 Å². The van der Waals surface area contributed by atoms with Gasteiger partial charge in [0.2, 0.25) is 11.8 Å². The normalized spacial score (nSPS) is 15.1. The molecule has 1 saturated heterocycles. The van der Waals surface area contributed by atoms with E-state index in [0.29, 0.717) is 46.1 Å². The van der Waals surface area contributed by atoms with Crippen LogP contribution in [0.3, 0.4) is 0 Å². The summed E-state index contributed by atoms with van der Waals surface area (Å²) in [5, 5.41) is 0.925. The second-order valence-corrected chi connectivity index (χ2v) is 8.83. The van der Waals surface area contributed by atoms with E-state index in [1.807, 2.05) is 37.3 Å². The molecule has 0 spiro atoms. The number of carbonyl (C=O) groups is 2. The van der Waals surface area contributed by atoms with Gasteiger partial charge in [-0.3, -0.25) is 20.4 Å². The number of nitrogens with one attached hydrogen (secondary N) is 2. The van der Waals surface area contributed by atoms with E-state index in [2.05, 4.69) is 10.9 Å². The van der Waals surface area contributed by atoms with Gasteiger partial charge in [-0.05, 0) is 42.8 Å². The molecule has 1 fully saturated rings. The summed E-state index contributed by atoms with van der Waals surface area (Å²) in [7, 11) is 0. The summed E-state index contributed by atoms with van der Waals surface area (Å²) in [6.07, 6.45) is 0.118. The molecule has 35 heavy (non-hydrogen) atoms. The van der Waals surface area contributed by atoms with Crippen molar-refractivity contribution in [3.8, 4) is 11.5 Å². The molecular formula is C26H25Cl2N3O4. The molecule has 7 nitrogen and oxygen atoms in total. The van der Waals surface area contributed by atoms with Crippen LogP contribution >= 0.6 is 23.2 Å². The number of nitrogens with zero attached hydrogens (tertiary/aromatic N) is 1. The average molecular weight is 514 g/mol. The molecule has 1 heterocycles. The third-order valence-corrected chi connectivity index (χ3v) is 6.03. The predicted octanol–water partition coefficient (Wildman–Crippen LogP) is 5.47. The molecule has 0 unspecified atom stereocenters. The fourth-order valence-electron chi connectivity index (χ4n) is 3.76. The van der Waals surface area contributed by atoms with Crippen molar-refractivity contribution in [2.75, 3.05) is 23.5 Å². The van der Waals surface area contributed by atoms with Gasteiger partial charge in [-0.1, -0.05) is 53.5 Å². The molecule has 4 rings (SSSR count). The summed E-state index contributed by atoms with van der Waals surface area (Å²) in [5.74, 6) is -0.0322. The van der Waals surface area contributed by atoms with E-state index < -0.39 is 5.92 Å². The fraction of sp³-hybridized carbons (Fsp3) is 0.231. The Labute approximate surface area is 213 Å². The van der Waals surface area contributed by atoms with Crippen molar-refractivity contribution in [2.45, 2.75) is 20.0 Å². The standard InChI is InChI=1S/C26H25Cl2N3O4/c1-2-34-23-14-20(13-22(28)25(23)35-16-17-6-4-3-5-7-17)29-30-26(33)18-12-24(32)31(15-18)21-10-8-19(27)9-11-21/h3-11,13-14,18,29H,2,12,15-16H2,1H3,(H,30,33)/t18-/m0/s1. The summed E-state index contributed by atoms with van der Waals surface area (Å²) in [5.41, 5.74) is 7.78. The lowest BCUT2D eigenvalue weighted by molar-refractivity contribution is -0.125. The highest BCUT2D eigenvalue weighted by molar-refractivity contribution is 6.32. The molecule has 2 N–H and O–H groups in total. The Hall–Kier alpha value is -3.42. The first-order valence-corrected chi connectivity index (χ1v) is 11.9. The summed E-state index contributed by atoms with van der Waals surface area (Å²) >= 11 is 12.4. The van der Waals surface area contributed by atoms with Crippen LogP contribution < -0.4 is 25.2 Å². The minimum Gasteiger partial charge on any atom is -0.490 e. The number of anilines is 2. The Kier molecular flexibility index (Phi) is 8.00. The molecule has 1 atom stereocenters. The summed E-state index contributed by atoms with van der Waals surface area (Å²) in [4.78, 5) is 26.8. The van der Waals surface area contributed by atoms with Crippen LogP contribution in [0.5, 0.6) is 11.5 Å². The molecule has 3 aromatic carbocycles. The smallest absolute Gasteiger partial charge is 0.243 e. The number of benzene rings is 3. The third kappa shape index (κ3) is 6.18. The van der Waals surface area contributed by atoms with Gasteiger partial charge in [0, 0.05) is 29.7 Å². The Balaban J connectivity index is 1.39. The molecule has 0 saturated carbocycles. The van der Waals surface area contributed by atoms with Gasteiger partial charge < -0.3 is 14.4 Å². The number of halogens is 2. The minimum absolute atomic E-state index is 0.117. The monoisotopic (exact) mass is 513 g/mol. The summed E-state index contributed by atoms with van der Waals surface area (Å²) in [6, 6.07) is 20.0. The van der Waals surface area contributed by atoms with Gasteiger partial charge in [0.1, 0.15) is 6.61 Å². The lowest BCUT2D eigenvalue weighted by atomic mass is 10.1. The van der Waals surface area contributed by atoms with Gasteiger partial charge in [0.25, 0.3) is 0 Å². The van der Waals surface area contributed by atoms with Crippen LogP contribution in [0.1, 0.15) is 18.9 Å². The molecule has 0 radical (unpaired) electrons. The highest BCUT2D eigenvalue weighted by atomic mass is 35.5. The zero-order chi connectivity index (χ0) is 24.8. The maximum atomic E-state index is 12.8. The second-order valence-electron chi connectivity index (χ2n) is 7.99. The van der Waals surface area contributed by atoms with Crippen LogP contribution in [0, 0.1) is 5.92 Å². The zero-order valence-corrected chi connectivity index (χ0v) is 20.6. The summed E-state index contributed by atoms with van der Waals surface area (Å²) in [6.45, 7) is 2.90. The van der Waals surface area contributed by atoms with E-state index in [0.717, 1.165) is 5.56 Å². The van der Waals surface area contributed by atoms with Crippen LogP contribution in [0.25, 0.3) is 0 Å². The largest absolute Gasteiger partial charge is 0.490 e. The molecule has 9 heteroatoms. The van der Waals surface area contributed by atoms with E-state index in [1.165, 1.54) is 0 Å². The van der Waals surface area contributed by atoms with Gasteiger partial charge in [0.15, 0.2) is 11.5 Å². The number of carbonyl (C=O) groups excluding carboxylic acids is 2. The van der Waals surface area contributed by atoms with E-state index in [1.54, 1.807) is 41.3 Å². The number of ether oxygens (including phenoxy) is 2. The van der Waals surface area contributed by atoms with Crippen molar-refractivity contribution in [2.24, 2.45) is 5.92 Å². The lowest BCUT2D eigenvalue weighted by Gasteiger charge is -2.18. The van der Waals surface area contributed by atoms with Crippen molar-refractivity contribution in [3.63, 3.8) is 0 Å². The second kappa shape index (κ2) is 11.3. The van der Waals surface area contributed by atoms with Gasteiger partial charge in [-0.25, -0.2) is 0 Å². The van der Waals surface area contributed by atoms with Crippen LogP contribution in [0.4, 0.5) is 11.4 Å². The Morgan fingerprint density at radius 2 is 1.80 bits per heavy atom. The number of hydrazine groups is 1. The minimum atomic E-state index is -0.499. The van der Waals surface area contributed by atoms with Crippen LogP contribution in [-0.2, 0) is 16.2 Å². The average Bonchev–Trinajstić information content (AvgIpc) is 3.25. The van der Waals surface area contributed by atoms with Crippen molar-refractivity contribution < 1.29 is 19.1 Å². The first kappa shape index (κ1) is 24.7. The topological polar surface area (TPSA) is 79.9 Å². The Morgan fingerprint density at radius 3 is 2.51 bits per heavy atom. The predicted molar refractivity (Wildman–Crippen MR) is 137 cm³/mol. The molecule has 0 bridgehead atoms.